The van der Waals surface area contributed by atoms with Crippen molar-refractivity contribution in [1.29, 1.82) is 0 Å². The summed E-state index contributed by atoms with van der Waals surface area (Å²) in [5.74, 6) is 0.404. The fraction of sp³-hybridized carbons (Fsp3) is 0.316. The number of hydrogen-bond donors (Lipinski definition) is 1. The van der Waals surface area contributed by atoms with E-state index >= 15 is 0 Å². The van der Waals surface area contributed by atoms with Crippen LogP contribution in [0.4, 0.5) is 5.69 Å². The maximum absolute atomic E-state index is 12.4. The van der Waals surface area contributed by atoms with Gasteiger partial charge in [0.1, 0.15) is 18.0 Å². The van der Waals surface area contributed by atoms with Crippen molar-refractivity contribution in [2.45, 2.75) is 13.5 Å². The normalized spacial score (nSPS) is 11.0. The molecule has 0 aromatic heterocycles. The number of nitrogens with one attached hydrogen (secondary N) is 1. The number of methoxy groups -OCH3 is 2. The maximum atomic E-state index is 12.4. The van der Waals surface area contributed by atoms with Crippen LogP contribution in [0.1, 0.15) is 11.1 Å². The third-order valence-electron chi connectivity index (χ3n) is 4.08. The van der Waals surface area contributed by atoms with Crippen molar-refractivity contribution < 1.29 is 22.7 Å². The molecule has 1 amide bonds. The molecule has 1 N–H and O–H groups in total. The van der Waals surface area contributed by atoms with E-state index in [4.69, 9.17) is 9.47 Å². The largest absolute Gasteiger partial charge is 0.497 e. The van der Waals surface area contributed by atoms with Crippen molar-refractivity contribution in [3.05, 3.63) is 53.6 Å². The first-order valence-electron chi connectivity index (χ1n) is 8.27. The number of nitrogens with zero attached hydrogens (tertiary/aromatic N) is 1. The molecule has 2 aromatic rings. The van der Waals surface area contributed by atoms with Crippen LogP contribution in [-0.4, -0.2) is 41.3 Å². The zero-order valence-corrected chi connectivity index (χ0v) is 16.7. The fourth-order valence-electron chi connectivity index (χ4n) is 2.56. The molecule has 0 aliphatic carbocycles. The van der Waals surface area contributed by atoms with Crippen LogP contribution in [0.2, 0.25) is 0 Å². The standard InChI is InChI=1S/C19H24N2O5S/c1-14-7-5-6-8-15(14)12-20-19(22)13-21(27(4,23)24)17-10-9-16(25-2)11-18(17)26-3/h5-11H,12-13H2,1-4H3,(H,20,22). The molecule has 0 heterocycles. The summed E-state index contributed by atoms with van der Waals surface area (Å²) in [6.07, 6.45) is 1.05. The minimum Gasteiger partial charge on any atom is -0.497 e. The van der Waals surface area contributed by atoms with Crippen LogP contribution in [-0.2, 0) is 21.4 Å². The molecule has 0 atom stereocenters. The lowest BCUT2D eigenvalue weighted by molar-refractivity contribution is -0.119. The van der Waals surface area contributed by atoms with Gasteiger partial charge in [-0.2, -0.15) is 0 Å². The number of ether oxygens (including phenoxy) is 2. The summed E-state index contributed by atoms with van der Waals surface area (Å²) in [6.45, 7) is 1.92. The Bertz CT molecular complexity index is 912. The Morgan fingerprint density at radius 2 is 1.81 bits per heavy atom. The predicted molar refractivity (Wildman–Crippen MR) is 105 cm³/mol. The number of aryl methyl sites for hydroxylation is 1. The highest BCUT2D eigenvalue weighted by Gasteiger charge is 2.24. The monoisotopic (exact) mass is 392 g/mol. The lowest BCUT2D eigenvalue weighted by atomic mass is 10.1. The summed E-state index contributed by atoms with van der Waals surface area (Å²) in [5, 5.41) is 2.76. The summed E-state index contributed by atoms with van der Waals surface area (Å²) in [7, 11) is -0.775. The summed E-state index contributed by atoms with van der Waals surface area (Å²) in [6, 6.07) is 12.4. The predicted octanol–water partition coefficient (Wildman–Crippen LogP) is 2.09. The van der Waals surface area contributed by atoms with Crippen LogP contribution < -0.4 is 19.1 Å². The molecule has 0 aliphatic heterocycles. The molecule has 0 aliphatic rings. The SMILES string of the molecule is COc1ccc(N(CC(=O)NCc2ccccc2C)S(C)(=O)=O)c(OC)c1. The molecule has 27 heavy (non-hydrogen) atoms. The van der Waals surface area contributed by atoms with Gasteiger partial charge in [0, 0.05) is 12.6 Å². The van der Waals surface area contributed by atoms with E-state index in [0.29, 0.717) is 18.0 Å². The van der Waals surface area contributed by atoms with Gasteiger partial charge < -0.3 is 14.8 Å². The van der Waals surface area contributed by atoms with Gasteiger partial charge in [0.25, 0.3) is 0 Å². The van der Waals surface area contributed by atoms with Crippen molar-refractivity contribution in [2.24, 2.45) is 0 Å². The Kier molecular flexibility index (Phi) is 6.68. The van der Waals surface area contributed by atoms with Crippen LogP contribution >= 0.6 is 0 Å². The second-order valence-corrected chi connectivity index (χ2v) is 7.92. The van der Waals surface area contributed by atoms with Gasteiger partial charge in [0.2, 0.25) is 15.9 Å². The van der Waals surface area contributed by atoms with Gasteiger partial charge in [-0.25, -0.2) is 8.42 Å². The van der Waals surface area contributed by atoms with Crippen molar-refractivity contribution >= 4 is 21.6 Å². The van der Waals surface area contributed by atoms with Gasteiger partial charge in [-0.05, 0) is 30.2 Å². The second kappa shape index (κ2) is 8.77. The van der Waals surface area contributed by atoms with Crippen LogP contribution in [0.5, 0.6) is 11.5 Å². The zero-order valence-electron chi connectivity index (χ0n) is 15.9. The van der Waals surface area contributed by atoms with Crippen LogP contribution in [0.3, 0.4) is 0 Å². The molecule has 0 unspecified atom stereocenters. The topological polar surface area (TPSA) is 84.9 Å². The van der Waals surface area contributed by atoms with Crippen molar-refractivity contribution in [3.8, 4) is 11.5 Å². The van der Waals surface area contributed by atoms with Gasteiger partial charge in [-0.3, -0.25) is 9.10 Å². The van der Waals surface area contributed by atoms with E-state index in [0.717, 1.165) is 21.7 Å². The molecule has 0 saturated carbocycles. The van der Waals surface area contributed by atoms with Gasteiger partial charge in [-0.1, -0.05) is 24.3 Å². The Labute approximate surface area is 160 Å². The molecule has 2 aromatic carbocycles. The summed E-state index contributed by atoms with van der Waals surface area (Å²) in [4.78, 5) is 12.4. The number of rotatable bonds is 8. The van der Waals surface area contributed by atoms with Crippen molar-refractivity contribution in [3.63, 3.8) is 0 Å². The average Bonchev–Trinajstić information content (AvgIpc) is 2.64. The Hall–Kier alpha value is -2.74. The molecule has 0 bridgehead atoms. The van der Waals surface area contributed by atoms with E-state index in [2.05, 4.69) is 5.32 Å². The van der Waals surface area contributed by atoms with E-state index in [1.165, 1.54) is 14.2 Å². The Morgan fingerprint density at radius 3 is 2.41 bits per heavy atom. The van der Waals surface area contributed by atoms with Crippen LogP contribution in [0, 0.1) is 6.92 Å². The average molecular weight is 392 g/mol. The van der Waals surface area contributed by atoms with Crippen molar-refractivity contribution in [1.82, 2.24) is 5.32 Å². The first-order valence-corrected chi connectivity index (χ1v) is 10.1. The number of hydrogen-bond acceptors (Lipinski definition) is 5. The molecule has 0 radical (unpaired) electrons. The number of carbonyl (C=O) groups excluding carboxylic acids is 1. The molecule has 0 fully saturated rings. The van der Waals surface area contributed by atoms with Gasteiger partial charge in [0.05, 0.1) is 26.2 Å². The van der Waals surface area contributed by atoms with E-state index < -0.39 is 15.9 Å². The summed E-state index contributed by atoms with van der Waals surface area (Å²) >= 11 is 0. The zero-order chi connectivity index (χ0) is 20.0. The quantitative estimate of drug-likeness (QED) is 0.744. The lowest BCUT2D eigenvalue weighted by Gasteiger charge is -2.24. The first kappa shape index (κ1) is 20.6. The molecule has 146 valence electrons. The van der Waals surface area contributed by atoms with E-state index in [9.17, 15) is 13.2 Å². The number of sulfonamides is 1. The maximum Gasteiger partial charge on any atom is 0.241 e. The number of benzene rings is 2. The molecule has 0 saturated heterocycles. The molecular formula is C19H24N2O5S. The third kappa shape index (κ3) is 5.37. The van der Waals surface area contributed by atoms with Gasteiger partial charge in [0.15, 0.2) is 0 Å². The summed E-state index contributed by atoms with van der Waals surface area (Å²) < 4.78 is 36.0. The molecule has 8 heteroatoms. The summed E-state index contributed by atoms with van der Waals surface area (Å²) in [5.41, 5.74) is 2.29. The van der Waals surface area contributed by atoms with Crippen LogP contribution in [0.25, 0.3) is 0 Å². The minimum absolute atomic E-state index is 0.270. The highest BCUT2D eigenvalue weighted by molar-refractivity contribution is 7.92. The smallest absolute Gasteiger partial charge is 0.241 e. The van der Waals surface area contributed by atoms with Crippen LogP contribution in [0.15, 0.2) is 42.5 Å². The molecule has 2 rings (SSSR count). The molecule has 0 spiro atoms. The third-order valence-corrected chi connectivity index (χ3v) is 5.21. The number of amides is 1. The van der Waals surface area contributed by atoms with E-state index in [1.54, 1.807) is 18.2 Å². The van der Waals surface area contributed by atoms with E-state index in [-0.39, 0.29) is 12.2 Å². The Balaban J connectivity index is 2.20. The number of carbonyl (C=O) groups is 1. The lowest BCUT2D eigenvalue weighted by Crippen LogP contribution is -2.40. The van der Waals surface area contributed by atoms with Crippen molar-refractivity contribution in [2.75, 3.05) is 31.3 Å². The van der Waals surface area contributed by atoms with Gasteiger partial charge >= 0.3 is 0 Å². The molecular weight excluding hydrogens is 368 g/mol. The second-order valence-electron chi connectivity index (χ2n) is 6.01. The highest BCUT2D eigenvalue weighted by atomic mass is 32.2. The van der Waals surface area contributed by atoms with Gasteiger partial charge in [-0.15, -0.1) is 0 Å². The first-order chi connectivity index (χ1) is 12.8. The number of anilines is 1. The fourth-order valence-corrected chi connectivity index (χ4v) is 3.42. The Morgan fingerprint density at radius 1 is 1.11 bits per heavy atom. The minimum atomic E-state index is -3.70. The van der Waals surface area contributed by atoms with E-state index in [1.807, 2.05) is 31.2 Å². The highest BCUT2D eigenvalue weighted by Crippen LogP contribution is 2.33. The molecule has 7 nitrogen and oxygen atoms in total.